The van der Waals surface area contributed by atoms with Crippen molar-refractivity contribution >= 4 is 9.04 Å². The Morgan fingerprint density at radius 3 is 2.12 bits per heavy atom. The van der Waals surface area contributed by atoms with E-state index < -0.39 is 9.04 Å². The van der Waals surface area contributed by atoms with Gasteiger partial charge in [-0.25, -0.2) is 0 Å². The van der Waals surface area contributed by atoms with Gasteiger partial charge in [-0.1, -0.05) is 20.8 Å². The first-order chi connectivity index (χ1) is 3.66. The third-order valence-corrected chi connectivity index (χ3v) is 3.64. The lowest BCUT2D eigenvalue weighted by Gasteiger charge is -2.06. The minimum Gasteiger partial charge on any atom is -0.435 e. The molecule has 0 saturated heterocycles. The van der Waals surface area contributed by atoms with E-state index in [9.17, 15) is 0 Å². The Morgan fingerprint density at radius 1 is 1.50 bits per heavy atom. The molecule has 0 fully saturated rings. The summed E-state index contributed by atoms with van der Waals surface area (Å²) in [6.45, 7) is 6.39. The minimum atomic E-state index is -1.24. The van der Waals surface area contributed by atoms with Crippen LogP contribution >= 0.6 is 0 Å². The van der Waals surface area contributed by atoms with E-state index in [1.807, 2.05) is 0 Å². The summed E-state index contributed by atoms with van der Waals surface area (Å²) >= 11 is 0. The minimum absolute atomic E-state index is 0.691. The molecule has 0 aromatic carbocycles. The summed E-state index contributed by atoms with van der Waals surface area (Å²) in [5.41, 5.74) is 0. The lowest BCUT2D eigenvalue weighted by Crippen LogP contribution is -2.12. The van der Waals surface area contributed by atoms with Crippen LogP contribution < -0.4 is 0 Å². The van der Waals surface area contributed by atoms with Gasteiger partial charge in [-0.2, -0.15) is 0 Å². The quantitative estimate of drug-likeness (QED) is 0.575. The summed E-state index contributed by atoms with van der Waals surface area (Å²) in [6.07, 6.45) is 0. The van der Waals surface area contributed by atoms with Crippen LogP contribution in [-0.4, -0.2) is 13.8 Å². The van der Waals surface area contributed by atoms with Crippen molar-refractivity contribution in [2.75, 3.05) is 0 Å². The van der Waals surface area contributed by atoms with E-state index in [0.717, 1.165) is 12.1 Å². The smallest absolute Gasteiger partial charge is 0.172 e. The predicted molar refractivity (Wildman–Crippen MR) is 39.5 cm³/mol. The lowest BCUT2D eigenvalue weighted by atomic mass is 10.3. The van der Waals surface area contributed by atoms with Crippen LogP contribution in [0.5, 0.6) is 0 Å². The molecule has 2 heteroatoms. The molecule has 0 bridgehead atoms. The molecule has 1 atom stereocenters. The van der Waals surface area contributed by atoms with Gasteiger partial charge in [0.25, 0.3) is 0 Å². The van der Waals surface area contributed by atoms with E-state index in [2.05, 4.69) is 20.8 Å². The van der Waals surface area contributed by atoms with E-state index in [4.69, 9.17) is 4.80 Å². The first-order valence-corrected chi connectivity index (χ1v) is 5.49. The summed E-state index contributed by atoms with van der Waals surface area (Å²) < 4.78 is 0. The van der Waals surface area contributed by atoms with Crippen molar-refractivity contribution in [1.82, 2.24) is 0 Å². The molecule has 0 aliphatic heterocycles. The average molecular weight is 132 g/mol. The molecule has 0 amide bonds. The third-order valence-electron chi connectivity index (χ3n) is 1.21. The number of rotatable bonds is 3. The van der Waals surface area contributed by atoms with Crippen molar-refractivity contribution in [3.63, 3.8) is 0 Å². The Balaban J connectivity index is 3.10. The highest BCUT2D eigenvalue weighted by molar-refractivity contribution is 6.50. The maximum absolute atomic E-state index is 9.17. The number of hydrogen-bond acceptors (Lipinski definition) is 1. The van der Waals surface area contributed by atoms with Crippen LogP contribution in [0.25, 0.3) is 0 Å². The van der Waals surface area contributed by atoms with Gasteiger partial charge < -0.3 is 4.80 Å². The van der Waals surface area contributed by atoms with Crippen molar-refractivity contribution in [3.05, 3.63) is 0 Å². The Labute approximate surface area is 53.5 Å². The second-order valence-corrected chi connectivity index (χ2v) is 5.29. The normalized spacial score (nSPS) is 14.6. The van der Waals surface area contributed by atoms with Crippen LogP contribution in [0, 0.1) is 5.92 Å². The standard InChI is InChI=1S/C6H16OSi/c1-4-8(7)5-6(2)3/h6-8H,4-5H2,1-3H3. The summed E-state index contributed by atoms with van der Waals surface area (Å²) in [6, 6.07) is 2.11. The fourth-order valence-electron chi connectivity index (χ4n) is 0.711. The van der Waals surface area contributed by atoms with Crippen molar-refractivity contribution in [3.8, 4) is 0 Å². The zero-order valence-electron chi connectivity index (χ0n) is 6.02. The molecule has 0 aromatic heterocycles. The second kappa shape index (κ2) is 4.10. The zero-order valence-corrected chi connectivity index (χ0v) is 7.17. The second-order valence-electron chi connectivity index (χ2n) is 2.69. The van der Waals surface area contributed by atoms with Gasteiger partial charge in [0.1, 0.15) is 0 Å². The van der Waals surface area contributed by atoms with Gasteiger partial charge in [0.05, 0.1) is 0 Å². The highest BCUT2D eigenvalue weighted by Crippen LogP contribution is 2.05. The Bertz CT molecular complexity index is 54.5. The van der Waals surface area contributed by atoms with Gasteiger partial charge in [0.15, 0.2) is 9.04 Å². The van der Waals surface area contributed by atoms with E-state index in [0.29, 0.717) is 5.92 Å². The molecular formula is C6H16OSi. The third kappa shape index (κ3) is 4.34. The molecule has 0 aliphatic rings. The molecule has 1 nitrogen and oxygen atoms in total. The van der Waals surface area contributed by atoms with Gasteiger partial charge in [-0.15, -0.1) is 0 Å². The Hall–Kier alpha value is 0.177. The lowest BCUT2D eigenvalue weighted by molar-refractivity contribution is 0.546. The van der Waals surface area contributed by atoms with E-state index in [1.54, 1.807) is 0 Å². The van der Waals surface area contributed by atoms with Crippen LogP contribution in [0.2, 0.25) is 12.1 Å². The van der Waals surface area contributed by atoms with Crippen LogP contribution in [0.1, 0.15) is 20.8 Å². The summed E-state index contributed by atoms with van der Waals surface area (Å²) in [7, 11) is -1.24. The molecule has 0 rings (SSSR count). The number of hydrogen-bond donors (Lipinski definition) is 1. The summed E-state index contributed by atoms with van der Waals surface area (Å²) in [4.78, 5) is 9.17. The van der Waals surface area contributed by atoms with Gasteiger partial charge >= 0.3 is 0 Å². The van der Waals surface area contributed by atoms with Crippen LogP contribution in [0.3, 0.4) is 0 Å². The maximum Gasteiger partial charge on any atom is 0.172 e. The highest BCUT2D eigenvalue weighted by atomic mass is 28.3. The molecular weight excluding hydrogens is 116 g/mol. The summed E-state index contributed by atoms with van der Waals surface area (Å²) in [5.74, 6) is 0.691. The van der Waals surface area contributed by atoms with E-state index >= 15 is 0 Å². The Kier molecular flexibility index (Phi) is 4.19. The van der Waals surface area contributed by atoms with E-state index in [-0.39, 0.29) is 0 Å². The first kappa shape index (κ1) is 8.18. The summed E-state index contributed by atoms with van der Waals surface area (Å²) in [5, 5.41) is 0. The average Bonchev–Trinajstić information content (AvgIpc) is 1.65. The maximum atomic E-state index is 9.17. The molecule has 0 heterocycles. The SMILES string of the molecule is CC[SiH](O)CC(C)C. The van der Waals surface area contributed by atoms with Crippen molar-refractivity contribution in [2.45, 2.75) is 32.9 Å². The zero-order chi connectivity index (χ0) is 6.57. The molecule has 0 aliphatic carbocycles. The highest BCUT2D eigenvalue weighted by Gasteiger charge is 2.04. The van der Waals surface area contributed by atoms with Gasteiger partial charge in [0, 0.05) is 0 Å². The van der Waals surface area contributed by atoms with E-state index in [1.165, 1.54) is 0 Å². The monoisotopic (exact) mass is 132 g/mol. The van der Waals surface area contributed by atoms with Crippen LogP contribution in [-0.2, 0) is 0 Å². The van der Waals surface area contributed by atoms with Gasteiger partial charge in [-0.3, -0.25) is 0 Å². The fraction of sp³-hybridized carbons (Fsp3) is 1.00. The molecule has 8 heavy (non-hydrogen) atoms. The first-order valence-electron chi connectivity index (χ1n) is 3.34. The topological polar surface area (TPSA) is 20.2 Å². The fourth-order valence-corrected chi connectivity index (χ4v) is 2.13. The Morgan fingerprint density at radius 2 is 2.00 bits per heavy atom. The predicted octanol–water partition coefficient (Wildman–Crippen LogP) is 1.38. The van der Waals surface area contributed by atoms with Gasteiger partial charge in [0.2, 0.25) is 0 Å². The largest absolute Gasteiger partial charge is 0.435 e. The molecule has 0 saturated carbocycles. The molecule has 1 N–H and O–H groups in total. The van der Waals surface area contributed by atoms with Crippen LogP contribution in [0.4, 0.5) is 0 Å². The molecule has 1 unspecified atom stereocenters. The van der Waals surface area contributed by atoms with Crippen molar-refractivity contribution in [1.29, 1.82) is 0 Å². The van der Waals surface area contributed by atoms with Crippen LogP contribution in [0.15, 0.2) is 0 Å². The van der Waals surface area contributed by atoms with Crippen molar-refractivity contribution < 1.29 is 4.80 Å². The molecule has 50 valence electrons. The molecule has 0 spiro atoms. The van der Waals surface area contributed by atoms with Gasteiger partial charge in [-0.05, 0) is 18.0 Å². The molecule has 0 radical (unpaired) electrons. The van der Waals surface area contributed by atoms with Crippen molar-refractivity contribution in [2.24, 2.45) is 5.92 Å². The molecule has 0 aromatic rings.